The van der Waals surface area contributed by atoms with Gasteiger partial charge in [0.2, 0.25) is 11.8 Å². The molecule has 0 bridgehead atoms. The van der Waals surface area contributed by atoms with Gasteiger partial charge in [-0.25, -0.2) is 0 Å². The molecule has 4 heteroatoms. The molecule has 0 radical (unpaired) electrons. The summed E-state index contributed by atoms with van der Waals surface area (Å²) in [4.78, 5) is 26.8. The second-order valence-electron chi connectivity index (χ2n) is 7.29. The number of amides is 2. The zero-order valence-corrected chi connectivity index (χ0v) is 14.9. The van der Waals surface area contributed by atoms with Gasteiger partial charge in [0, 0.05) is 13.1 Å². The molecule has 1 fully saturated rings. The number of likely N-dealkylation sites (tertiary alicyclic amines) is 1. The average Bonchev–Trinajstić information content (AvgIpc) is 3.24. The Kier molecular flexibility index (Phi) is 4.74. The Balaban J connectivity index is 1.32. The van der Waals surface area contributed by atoms with Crippen LogP contribution in [0.1, 0.15) is 35.1 Å². The number of hydrogen-bond donors (Lipinski definition) is 1. The first-order valence-corrected chi connectivity index (χ1v) is 9.42. The van der Waals surface area contributed by atoms with Gasteiger partial charge in [-0.2, -0.15) is 0 Å². The number of benzene rings is 2. The zero-order chi connectivity index (χ0) is 17.9. The number of rotatable bonds is 5. The Bertz CT molecular complexity index is 816. The normalized spacial score (nSPS) is 18.8. The van der Waals surface area contributed by atoms with Crippen molar-refractivity contribution in [2.45, 2.75) is 44.7 Å². The predicted octanol–water partition coefficient (Wildman–Crippen LogP) is 2.64. The molecule has 4 rings (SSSR count). The Morgan fingerprint density at radius 2 is 1.85 bits per heavy atom. The van der Waals surface area contributed by atoms with E-state index in [-0.39, 0.29) is 17.9 Å². The highest BCUT2D eigenvalue weighted by molar-refractivity contribution is 5.89. The smallest absolute Gasteiger partial charge is 0.245 e. The van der Waals surface area contributed by atoms with Crippen LogP contribution in [0.3, 0.4) is 0 Å². The molecular formula is C22H24N2O2. The molecule has 134 valence electrons. The number of hydrogen-bond acceptors (Lipinski definition) is 2. The highest BCUT2D eigenvalue weighted by Gasteiger charge is 2.32. The van der Waals surface area contributed by atoms with Crippen LogP contribution in [-0.2, 0) is 35.4 Å². The molecule has 2 aromatic rings. The number of nitrogens with zero attached hydrogens (tertiary/aromatic N) is 1. The van der Waals surface area contributed by atoms with Gasteiger partial charge in [-0.05, 0) is 47.9 Å². The average molecular weight is 348 g/mol. The fourth-order valence-electron chi connectivity index (χ4n) is 4.00. The van der Waals surface area contributed by atoms with E-state index >= 15 is 0 Å². The maximum absolute atomic E-state index is 12.6. The van der Waals surface area contributed by atoms with E-state index < -0.39 is 0 Å². The summed E-state index contributed by atoms with van der Waals surface area (Å²) in [7, 11) is 0. The van der Waals surface area contributed by atoms with Crippen molar-refractivity contribution < 1.29 is 9.59 Å². The lowest BCUT2D eigenvalue weighted by Gasteiger charge is -2.17. The predicted molar refractivity (Wildman–Crippen MR) is 101 cm³/mol. The minimum Gasteiger partial charge on any atom is -0.344 e. The van der Waals surface area contributed by atoms with E-state index in [0.29, 0.717) is 25.9 Å². The van der Waals surface area contributed by atoms with Gasteiger partial charge in [0.05, 0.1) is 6.42 Å². The summed E-state index contributed by atoms with van der Waals surface area (Å²) in [6, 6.07) is 15.9. The molecule has 26 heavy (non-hydrogen) atoms. The third-order valence-electron chi connectivity index (χ3n) is 5.38. The van der Waals surface area contributed by atoms with E-state index in [0.717, 1.165) is 24.0 Å². The second kappa shape index (κ2) is 7.32. The van der Waals surface area contributed by atoms with Crippen LogP contribution in [0.2, 0.25) is 0 Å². The molecule has 1 N–H and O–H groups in total. The van der Waals surface area contributed by atoms with Gasteiger partial charge >= 0.3 is 0 Å². The molecule has 1 atom stereocenters. The van der Waals surface area contributed by atoms with Crippen LogP contribution in [0.5, 0.6) is 0 Å². The molecule has 1 saturated heterocycles. The van der Waals surface area contributed by atoms with Crippen molar-refractivity contribution in [3.05, 3.63) is 70.8 Å². The van der Waals surface area contributed by atoms with Crippen LogP contribution in [0.25, 0.3) is 0 Å². The van der Waals surface area contributed by atoms with Gasteiger partial charge in [0.1, 0.15) is 6.04 Å². The van der Waals surface area contributed by atoms with Crippen molar-refractivity contribution in [2.75, 3.05) is 6.54 Å². The largest absolute Gasteiger partial charge is 0.344 e. The molecule has 0 spiro atoms. The van der Waals surface area contributed by atoms with E-state index in [1.54, 1.807) is 0 Å². The third kappa shape index (κ3) is 3.64. The topological polar surface area (TPSA) is 49.4 Å². The quantitative estimate of drug-likeness (QED) is 0.903. The molecular weight excluding hydrogens is 324 g/mol. The van der Waals surface area contributed by atoms with Crippen LogP contribution in [0, 0.1) is 0 Å². The van der Waals surface area contributed by atoms with Gasteiger partial charge in [-0.15, -0.1) is 0 Å². The molecule has 1 aliphatic carbocycles. The maximum Gasteiger partial charge on any atom is 0.245 e. The van der Waals surface area contributed by atoms with Crippen molar-refractivity contribution in [2.24, 2.45) is 0 Å². The molecule has 0 aromatic heterocycles. The molecule has 1 aliphatic heterocycles. The summed E-state index contributed by atoms with van der Waals surface area (Å²) in [6.45, 7) is 1.30. The minimum absolute atomic E-state index is 0.0242. The van der Waals surface area contributed by atoms with Gasteiger partial charge in [0.15, 0.2) is 0 Å². The van der Waals surface area contributed by atoms with Crippen molar-refractivity contribution in [1.82, 2.24) is 10.2 Å². The van der Waals surface area contributed by atoms with Gasteiger partial charge in [-0.3, -0.25) is 9.59 Å². The van der Waals surface area contributed by atoms with Gasteiger partial charge in [0.25, 0.3) is 0 Å². The lowest BCUT2D eigenvalue weighted by Crippen LogP contribution is -2.41. The minimum atomic E-state index is -0.388. The number of carbonyl (C=O) groups is 2. The molecule has 2 amide bonds. The molecule has 1 heterocycles. The first kappa shape index (κ1) is 16.8. The summed E-state index contributed by atoms with van der Waals surface area (Å²) >= 11 is 0. The summed E-state index contributed by atoms with van der Waals surface area (Å²) in [5, 5.41) is 2.93. The summed E-state index contributed by atoms with van der Waals surface area (Å²) in [6.07, 6.45) is 4.49. The second-order valence-corrected chi connectivity index (χ2v) is 7.29. The highest BCUT2D eigenvalue weighted by Crippen LogP contribution is 2.23. The molecule has 2 aromatic carbocycles. The molecule has 0 unspecified atom stereocenters. The van der Waals surface area contributed by atoms with E-state index in [4.69, 9.17) is 0 Å². The summed E-state index contributed by atoms with van der Waals surface area (Å²) in [5.74, 6) is -0.0426. The Hall–Kier alpha value is -2.62. The highest BCUT2D eigenvalue weighted by atomic mass is 16.2. The van der Waals surface area contributed by atoms with Crippen molar-refractivity contribution >= 4 is 11.8 Å². The number of fused-ring (bicyclic) bond motifs is 1. The Labute approximate surface area is 154 Å². The van der Waals surface area contributed by atoms with Crippen LogP contribution in [0.15, 0.2) is 48.5 Å². The number of nitrogens with one attached hydrogen (secondary N) is 1. The summed E-state index contributed by atoms with van der Waals surface area (Å²) < 4.78 is 0. The Morgan fingerprint density at radius 3 is 2.69 bits per heavy atom. The standard InChI is InChI=1S/C22H24N2O2/c25-21(14-17-9-10-18-7-4-8-19(18)13-17)23-20-11-12-24(22(20)26)15-16-5-2-1-3-6-16/h1-3,5-6,9-10,13,20H,4,7-8,11-12,14-15H2,(H,23,25)/t20-/m1/s1. The summed E-state index contributed by atoms with van der Waals surface area (Å²) in [5.41, 5.74) is 4.94. The van der Waals surface area contributed by atoms with Crippen molar-refractivity contribution in [3.8, 4) is 0 Å². The monoisotopic (exact) mass is 348 g/mol. The molecule has 2 aliphatic rings. The zero-order valence-electron chi connectivity index (χ0n) is 14.9. The SMILES string of the molecule is O=C(Cc1ccc2c(c1)CCC2)N[C@@H]1CCN(Cc2ccccc2)C1=O. The van der Waals surface area contributed by atoms with Crippen molar-refractivity contribution in [1.29, 1.82) is 0 Å². The third-order valence-corrected chi connectivity index (χ3v) is 5.38. The fraction of sp³-hybridized carbons (Fsp3) is 0.364. The number of carbonyl (C=O) groups excluding carboxylic acids is 2. The van der Waals surface area contributed by atoms with Gasteiger partial charge in [-0.1, -0.05) is 48.5 Å². The van der Waals surface area contributed by atoms with Crippen LogP contribution in [-0.4, -0.2) is 29.3 Å². The Morgan fingerprint density at radius 1 is 1.04 bits per heavy atom. The van der Waals surface area contributed by atoms with Crippen LogP contribution < -0.4 is 5.32 Å². The lowest BCUT2D eigenvalue weighted by atomic mass is 10.0. The van der Waals surface area contributed by atoms with E-state index in [1.807, 2.05) is 41.3 Å². The van der Waals surface area contributed by atoms with E-state index in [2.05, 4.69) is 17.4 Å². The van der Waals surface area contributed by atoms with E-state index in [1.165, 1.54) is 17.5 Å². The first-order valence-electron chi connectivity index (χ1n) is 9.42. The fourth-order valence-corrected chi connectivity index (χ4v) is 4.00. The maximum atomic E-state index is 12.6. The van der Waals surface area contributed by atoms with Crippen LogP contribution in [0.4, 0.5) is 0 Å². The molecule has 0 saturated carbocycles. The number of aryl methyl sites for hydroxylation is 2. The lowest BCUT2D eigenvalue weighted by molar-refractivity contribution is -0.132. The van der Waals surface area contributed by atoms with E-state index in [9.17, 15) is 9.59 Å². The first-order chi connectivity index (χ1) is 12.7. The molecule has 4 nitrogen and oxygen atoms in total. The van der Waals surface area contributed by atoms with Crippen molar-refractivity contribution in [3.63, 3.8) is 0 Å². The van der Waals surface area contributed by atoms with Gasteiger partial charge < -0.3 is 10.2 Å². The van der Waals surface area contributed by atoms with Crippen LogP contribution >= 0.6 is 0 Å².